The van der Waals surface area contributed by atoms with Crippen LogP contribution >= 0.6 is 0 Å². The van der Waals surface area contributed by atoms with Crippen LogP contribution < -0.4 is 10.1 Å². The molecule has 0 aliphatic heterocycles. The zero-order valence-corrected chi connectivity index (χ0v) is 15.2. The summed E-state index contributed by atoms with van der Waals surface area (Å²) in [4.78, 5) is 12.6. The van der Waals surface area contributed by atoms with Crippen molar-refractivity contribution < 1.29 is 14.1 Å². The monoisotopic (exact) mass is 350 g/mol. The minimum atomic E-state index is -0.277. The van der Waals surface area contributed by atoms with Gasteiger partial charge in [-0.1, -0.05) is 47.6 Å². The van der Waals surface area contributed by atoms with Crippen LogP contribution in [0.2, 0.25) is 0 Å². The van der Waals surface area contributed by atoms with Gasteiger partial charge >= 0.3 is 0 Å². The summed E-state index contributed by atoms with van der Waals surface area (Å²) in [5, 5.41) is 6.88. The van der Waals surface area contributed by atoms with Crippen molar-refractivity contribution in [2.75, 3.05) is 0 Å². The highest BCUT2D eigenvalue weighted by Gasteiger charge is 2.22. The molecule has 26 heavy (non-hydrogen) atoms. The summed E-state index contributed by atoms with van der Waals surface area (Å²) in [6.45, 7) is 5.94. The highest BCUT2D eigenvalue weighted by Crippen LogP contribution is 2.20. The SMILES string of the molecule is Cc1cccc(OCc2c(C(=O)NC(C)c3ccccc3)noc2C)c1. The van der Waals surface area contributed by atoms with Crippen molar-refractivity contribution in [2.45, 2.75) is 33.4 Å². The third kappa shape index (κ3) is 4.11. The molecule has 1 unspecified atom stereocenters. The Hall–Kier alpha value is -3.08. The van der Waals surface area contributed by atoms with Crippen LogP contribution in [-0.2, 0) is 6.61 Å². The number of aromatic nitrogens is 1. The number of nitrogens with zero attached hydrogens (tertiary/aromatic N) is 1. The number of carbonyl (C=O) groups excluding carboxylic acids is 1. The van der Waals surface area contributed by atoms with Crippen LogP contribution in [0.5, 0.6) is 5.75 Å². The van der Waals surface area contributed by atoms with E-state index in [4.69, 9.17) is 9.26 Å². The summed E-state index contributed by atoms with van der Waals surface area (Å²) in [6.07, 6.45) is 0. The summed E-state index contributed by atoms with van der Waals surface area (Å²) in [5.41, 5.74) is 3.06. The first-order valence-corrected chi connectivity index (χ1v) is 8.55. The van der Waals surface area contributed by atoms with Gasteiger partial charge in [0.25, 0.3) is 5.91 Å². The van der Waals surface area contributed by atoms with Gasteiger partial charge in [-0.2, -0.15) is 0 Å². The normalized spacial score (nSPS) is 11.8. The zero-order chi connectivity index (χ0) is 18.5. The number of amides is 1. The van der Waals surface area contributed by atoms with Crippen LogP contribution in [0.3, 0.4) is 0 Å². The van der Waals surface area contributed by atoms with Crippen LogP contribution in [0.25, 0.3) is 0 Å². The Labute approximate surface area is 153 Å². The summed E-state index contributed by atoms with van der Waals surface area (Å²) in [6, 6.07) is 17.4. The van der Waals surface area contributed by atoms with E-state index < -0.39 is 0 Å². The van der Waals surface area contributed by atoms with Gasteiger partial charge in [-0.15, -0.1) is 0 Å². The molecular formula is C21H22N2O3. The number of hydrogen-bond donors (Lipinski definition) is 1. The third-order valence-corrected chi connectivity index (χ3v) is 4.22. The van der Waals surface area contributed by atoms with Gasteiger partial charge in [-0.3, -0.25) is 4.79 Å². The Morgan fingerprint density at radius 1 is 1.15 bits per heavy atom. The van der Waals surface area contributed by atoms with Gasteiger partial charge in [-0.05, 0) is 44.0 Å². The number of rotatable bonds is 6. The molecule has 0 saturated carbocycles. The number of nitrogens with one attached hydrogen (secondary N) is 1. The molecule has 1 heterocycles. The molecule has 5 heteroatoms. The fourth-order valence-corrected chi connectivity index (χ4v) is 2.69. The van der Waals surface area contributed by atoms with Crippen molar-refractivity contribution >= 4 is 5.91 Å². The van der Waals surface area contributed by atoms with E-state index in [9.17, 15) is 4.79 Å². The first-order chi connectivity index (χ1) is 12.5. The lowest BCUT2D eigenvalue weighted by atomic mass is 10.1. The van der Waals surface area contributed by atoms with Gasteiger partial charge in [0.15, 0.2) is 5.69 Å². The minimum absolute atomic E-state index is 0.133. The van der Waals surface area contributed by atoms with Crippen molar-refractivity contribution in [3.8, 4) is 5.75 Å². The molecule has 1 aromatic heterocycles. The number of aryl methyl sites for hydroxylation is 2. The maximum atomic E-state index is 12.6. The second kappa shape index (κ2) is 7.87. The highest BCUT2D eigenvalue weighted by molar-refractivity contribution is 5.94. The molecule has 1 amide bonds. The van der Waals surface area contributed by atoms with E-state index in [1.807, 2.05) is 68.4 Å². The fourth-order valence-electron chi connectivity index (χ4n) is 2.69. The zero-order valence-electron chi connectivity index (χ0n) is 15.2. The fraction of sp³-hybridized carbons (Fsp3) is 0.238. The second-order valence-corrected chi connectivity index (χ2v) is 6.28. The summed E-state index contributed by atoms with van der Waals surface area (Å²) < 4.78 is 11.0. The molecule has 0 bridgehead atoms. The van der Waals surface area contributed by atoms with Crippen LogP contribution in [0.4, 0.5) is 0 Å². The van der Waals surface area contributed by atoms with Gasteiger partial charge in [-0.25, -0.2) is 0 Å². The lowest BCUT2D eigenvalue weighted by Gasteiger charge is -2.14. The van der Waals surface area contributed by atoms with Crippen LogP contribution in [0.15, 0.2) is 59.1 Å². The maximum absolute atomic E-state index is 12.6. The molecule has 0 fully saturated rings. The Balaban J connectivity index is 1.71. The number of carbonyl (C=O) groups is 1. The highest BCUT2D eigenvalue weighted by atomic mass is 16.5. The lowest BCUT2D eigenvalue weighted by Crippen LogP contribution is -2.28. The maximum Gasteiger partial charge on any atom is 0.274 e. The van der Waals surface area contributed by atoms with Crippen molar-refractivity contribution in [3.63, 3.8) is 0 Å². The van der Waals surface area contributed by atoms with E-state index in [1.54, 1.807) is 6.92 Å². The molecule has 3 aromatic rings. The predicted molar refractivity (Wildman–Crippen MR) is 99.1 cm³/mol. The molecule has 3 rings (SSSR count). The number of hydrogen-bond acceptors (Lipinski definition) is 4. The molecule has 0 radical (unpaired) electrons. The molecule has 0 aliphatic rings. The second-order valence-electron chi connectivity index (χ2n) is 6.28. The minimum Gasteiger partial charge on any atom is -0.489 e. The first-order valence-electron chi connectivity index (χ1n) is 8.55. The summed E-state index contributed by atoms with van der Waals surface area (Å²) in [5.74, 6) is 1.05. The van der Waals surface area contributed by atoms with Crippen molar-refractivity contribution in [3.05, 3.63) is 82.7 Å². The molecule has 0 saturated heterocycles. The van der Waals surface area contributed by atoms with Crippen LogP contribution in [0, 0.1) is 13.8 Å². The average molecular weight is 350 g/mol. The number of ether oxygens (including phenoxy) is 1. The Bertz CT molecular complexity index is 887. The Kier molecular flexibility index (Phi) is 5.37. The van der Waals surface area contributed by atoms with Crippen LogP contribution in [0.1, 0.15) is 45.9 Å². The van der Waals surface area contributed by atoms with E-state index in [1.165, 1.54) is 0 Å². The summed E-state index contributed by atoms with van der Waals surface area (Å²) >= 11 is 0. The van der Waals surface area contributed by atoms with Crippen molar-refractivity contribution in [2.24, 2.45) is 0 Å². The van der Waals surface area contributed by atoms with Gasteiger partial charge < -0.3 is 14.6 Å². The topological polar surface area (TPSA) is 64.4 Å². The molecule has 134 valence electrons. The van der Waals surface area contributed by atoms with E-state index in [-0.39, 0.29) is 24.2 Å². The molecule has 0 spiro atoms. The van der Waals surface area contributed by atoms with E-state index in [0.717, 1.165) is 16.9 Å². The first kappa shape index (κ1) is 17.7. The van der Waals surface area contributed by atoms with E-state index in [0.29, 0.717) is 11.3 Å². The molecule has 0 aliphatic carbocycles. The predicted octanol–water partition coefficient (Wildman–Crippen LogP) is 4.36. The van der Waals surface area contributed by atoms with Gasteiger partial charge in [0.1, 0.15) is 18.1 Å². The smallest absolute Gasteiger partial charge is 0.274 e. The quantitative estimate of drug-likeness (QED) is 0.717. The van der Waals surface area contributed by atoms with Crippen LogP contribution in [-0.4, -0.2) is 11.1 Å². The largest absolute Gasteiger partial charge is 0.489 e. The average Bonchev–Trinajstić information content (AvgIpc) is 3.01. The molecule has 1 N–H and O–H groups in total. The molecule has 2 aromatic carbocycles. The molecule has 1 atom stereocenters. The van der Waals surface area contributed by atoms with E-state index in [2.05, 4.69) is 10.5 Å². The number of benzene rings is 2. The van der Waals surface area contributed by atoms with E-state index >= 15 is 0 Å². The lowest BCUT2D eigenvalue weighted by molar-refractivity contribution is 0.0928. The molecular weight excluding hydrogens is 328 g/mol. The van der Waals surface area contributed by atoms with Crippen molar-refractivity contribution in [1.29, 1.82) is 0 Å². The molecule has 5 nitrogen and oxygen atoms in total. The Morgan fingerprint density at radius 2 is 1.92 bits per heavy atom. The standard InChI is InChI=1S/C21H22N2O3/c1-14-8-7-11-18(12-14)25-13-19-16(3)26-23-20(19)21(24)22-15(2)17-9-5-4-6-10-17/h4-12,15H,13H2,1-3H3,(H,22,24). The Morgan fingerprint density at radius 3 is 2.65 bits per heavy atom. The van der Waals surface area contributed by atoms with Crippen molar-refractivity contribution in [1.82, 2.24) is 10.5 Å². The van der Waals surface area contributed by atoms with Gasteiger partial charge in [0.05, 0.1) is 11.6 Å². The third-order valence-electron chi connectivity index (χ3n) is 4.22. The van der Waals surface area contributed by atoms with Gasteiger partial charge in [0, 0.05) is 0 Å². The summed E-state index contributed by atoms with van der Waals surface area (Å²) in [7, 11) is 0. The van der Waals surface area contributed by atoms with Gasteiger partial charge in [0.2, 0.25) is 0 Å².